The smallest absolute Gasteiger partial charge is 0.366 e. The van der Waals surface area contributed by atoms with Crippen molar-refractivity contribution in [1.29, 1.82) is 0 Å². The van der Waals surface area contributed by atoms with Crippen LogP contribution in [-0.2, 0) is 10.0 Å². The highest BCUT2D eigenvalue weighted by Crippen LogP contribution is 2.22. The van der Waals surface area contributed by atoms with Gasteiger partial charge in [0.15, 0.2) is 0 Å². The van der Waals surface area contributed by atoms with Crippen molar-refractivity contribution in [2.45, 2.75) is 11.1 Å². The number of halogens is 3. The fourth-order valence-electron chi connectivity index (χ4n) is 1.40. The first-order valence-corrected chi connectivity index (χ1v) is 6.59. The molecule has 0 fully saturated rings. The van der Waals surface area contributed by atoms with Gasteiger partial charge in [0.25, 0.3) is 10.0 Å². The van der Waals surface area contributed by atoms with Crippen LogP contribution < -0.4 is 10.7 Å². The van der Waals surface area contributed by atoms with Crippen molar-refractivity contribution in [2.24, 2.45) is 5.84 Å². The van der Waals surface area contributed by atoms with Crippen molar-refractivity contribution in [1.82, 2.24) is 4.41 Å². The van der Waals surface area contributed by atoms with Gasteiger partial charge in [-0.1, -0.05) is 0 Å². The molecule has 0 aromatic heterocycles. The summed E-state index contributed by atoms with van der Waals surface area (Å²) in [4.78, 5) is 0.893. The maximum Gasteiger partial charge on any atom is 0.405 e. The average molecular weight is 297 g/mol. The number of hydrogen-bond acceptors (Lipinski definition) is 4. The normalized spacial score (nSPS) is 12.8. The van der Waals surface area contributed by atoms with Gasteiger partial charge in [-0.15, -0.1) is 4.41 Å². The van der Waals surface area contributed by atoms with Gasteiger partial charge in [0.1, 0.15) is 6.54 Å². The number of alkyl halides is 3. The number of nitrogens with two attached hydrogens (primary N) is 1. The van der Waals surface area contributed by atoms with E-state index < -0.39 is 22.7 Å². The number of benzene rings is 1. The molecule has 0 unspecified atom stereocenters. The second-order valence-corrected chi connectivity index (χ2v) is 5.98. The third-order valence-corrected chi connectivity index (χ3v) is 4.00. The molecule has 0 bridgehead atoms. The van der Waals surface area contributed by atoms with E-state index in [1.54, 1.807) is 0 Å². The topological polar surface area (TPSA) is 66.6 Å². The molecule has 108 valence electrons. The summed E-state index contributed by atoms with van der Waals surface area (Å²) >= 11 is 0. The van der Waals surface area contributed by atoms with E-state index in [0.29, 0.717) is 4.41 Å². The number of rotatable bonds is 4. The van der Waals surface area contributed by atoms with Crippen LogP contribution >= 0.6 is 0 Å². The molecule has 0 spiro atoms. The Labute approximate surface area is 109 Å². The minimum absolute atomic E-state index is 0.0818. The van der Waals surface area contributed by atoms with Gasteiger partial charge in [0.05, 0.1) is 4.90 Å². The Balaban J connectivity index is 2.95. The van der Waals surface area contributed by atoms with E-state index >= 15 is 0 Å². The van der Waals surface area contributed by atoms with Crippen LogP contribution in [-0.4, -0.2) is 39.6 Å². The Morgan fingerprint density at radius 1 is 1.16 bits per heavy atom. The van der Waals surface area contributed by atoms with Crippen LogP contribution in [0.1, 0.15) is 0 Å². The Morgan fingerprint density at radius 2 is 1.63 bits per heavy atom. The lowest BCUT2D eigenvalue weighted by atomic mass is 10.3. The lowest BCUT2D eigenvalue weighted by Gasteiger charge is -2.21. The van der Waals surface area contributed by atoms with E-state index in [2.05, 4.69) is 0 Å². The van der Waals surface area contributed by atoms with Gasteiger partial charge >= 0.3 is 6.18 Å². The zero-order chi connectivity index (χ0) is 14.8. The van der Waals surface area contributed by atoms with Crippen LogP contribution in [0, 0.1) is 0 Å². The van der Waals surface area contributed by atoms with Gasteiger partial charge in [-0.2, -0.15) is 13.2 Å². The molecule has 9 heteroatoms. The summed E-state index contributed by atoms with van der Waals surface area (Å²) in [6.07, 6.45) is -4.32. The summed E-state index contributed by atoms with van der Waals surface area (Å²) in [6.45, 7) is -1.12. The van der Waals surface area contributed by atoms with E-state index in [9.17, 15) is 21.6 Å². The van der Waals surface area contributed by atoms with E-state index in [1.807, 2.05) is 0 Å². The third-order valence-electron chi connectivity index (χ3n) is 2.37. The zero-order valence-corrected chi connectivity index (χ0v) is 11.2. The SMILES string of the molecule is CN(CC(F)(F)F)c1ccc(S(=O)(=O)N(C)N)cc1. The summed E-state index contributed by atoms with van der Waals surface area (Å²) in [5.74, 6) is 5.17. The van der Waals surface area contributed by atoms with Crippen molar-refractivity contribution >= 4 is 15.7 Å². The van der Waals surface area contributed by atoms with Crippen LogP contribution in [0.3, 0.4) is 0 Å². The average Bonchev–Trinajstić information content (AvgIpc) is 2.26. The molecular weight excluding hydrogens is 283 g/mol. The van der Waals surface area contributed by atoms with Crippen LogP contribution in [0.2, 0.25) is 0 Å². The lowest BCUT2D eigenvalue weighted by Crippen LogP contribution is -2.33. The first kappa shape index (κ1) is 15.7. The second-order valence-electron chi connectivity index (χ2n) is 3.99. The maximum absolute atomic E-state index is 12.2. The summed E-state index contributed by atoms with van der Waals surface area (Å²) in [5.41, 5.74) is 0.260. The minimum Gasteiger partial charge on any atom is -0.366 e. The molecule has 0 aliphatic rings. The van der Waals surface area contributed by atoms with Gasteiger partial charge in [0.2, 0.25) is 0 Å². The molecule has 0 aliphatic carbocycles. The fraction of sp³-hybridized carbons (Fsp3) is 0.400. The van der Waals surface area contributed by atoms with E-state index in [-0.39, 0.29) is 10.6 Å². The predicted molar refractivity (Wildman–Crippen MR) is 64.9 cm³/mol. The maximum atomic E-state index is 12.2. The Morgan fingerprint density at radius 3 is 2.00 bits per heavy atom. The Bertz CT molecular complexity index is 526. The van der Waals surface area contributed by atoms with Gasteiger partial charge in [-0.3, -0.25) is 5.84 Å². The molecule has 1 aromatic carbocycles. The number of sulfonamides is 1. The summed E-state index contributed by atoms with van der Waals surface area (Å²) < 4.78 is 60.5. The molecule has 0 saturated heterocycles. The number of anilines is 1. The standard InChI is InChI=1S/C10H14F3N3O2S/c1-15(7-10(11,12)13)8-3-5-9(6-4-8)19(17,18)16(2)14/h3-6H,7,14H2,1-2H3. The molecule has 0 heterocycles. The quantitative estimate of drug-likeness (QED) is 0.669. The highest BCUT2D eigenvalue weighted by Gasteiger charge is 2.29. The molecule has 0 radical (unpaired) electrons. The van der Waals surface area contributed by atoms with Gasteiger partial charge in [0, 0.05) is 19.8 Å². The van der Waals surface area contributed by atoms with Crippen LogP contribution in [0.4, 0.5) is 18.9 Å². The molecular formula is C10H14F3N3O2S. The molecule has 1 aromatic rings. The van der Waals surface area contributed by atoms with E-state index in [1.165, 1.54) is 38.4 Å². The molecule has 2 N–H and O–H groups in total. The van der Waals surface area contributed by atoms with Crippen molar-refractivity contribution in [3.05, 3.63) is 24.3 Å². The van der Waals surface area contributed by atoms with Crippen molar-refractivity contribution in [3.63, 3.8) is 0 Å². The van der Waals surface area contributed by atoms with Gasteiger partial charge < -0.3 is 4.90 Å². The second kappa shape index (κ2) is 5.35. The Hall–Kier alpha value is -1.32. The minimum atomic E-state index is -4.32. The van der Waals surface area contributed by atoms with Crippen molar-refractivity contribution < 1.29 is 21.6 Å². The number of hydrazine groups is 1. The van der Waals surface area contributed by atoms with Crippen LogP contribution in [0.25, 0.3) is 0 Å². The van der Waals surface area contributed by atoms with E-state index in [0.717, 1.165) is 4.90 Å². The first-order valence-electron chi connectivity index (χ1n) is 5.15. The van der Waals surface area contributed by atoms with Crippen molar-refractivity contribution in [3.8, 4) is 0 Å². The molecule has 0 aliphatic heterocycles. The largest absolute Gasteiger partial charge is 0.405 e. The first-order chi connectivity index (χ1) is 8.54. The fourth-order valence-corrected chi connectivity index (χ4v) is 2.21. The van der Waals surface area contributed by atoms with Crippen LogP contribution in [0.15, 0.2) is 29.2 Å². The molecule has 0 saturated carbocycles. The third kappa shape index (κ3) is 4.08. The summed E-state index contributed by atoms with van der Waals surface area (Å²) in [7, 11) is -1.35. The molecule has 0 atom stereocenters. The Kier molecular flexibility index (Phi) is 4.43. The van der Waals surface area contributed by atoms with Crippen LogP contribution in [0.5, 0.6) is 0 Å². The lowest BCUT2D eigenvalue weighted by molar-refractivity contribution is -0.119. The number of hydrogen-bond donors (Lipinski definition) is 1. The van der Waals surface area contributed by atoms with E-state index in [4.69, 9.17) is 5.84 Å². The van der Waals surface area contributed by atoms with Crippen molar-refractivity contribution in [2.75, 3.05) is 25.5 Å². The molecule has 0 amide bonds. The summed E-state index contributed by atoms with van der Waals surface area (Å²) in [6, 6.07) is 5.01. The highest BCUT2D eigenvalue weighted by atomic mass is 32.2. The molecule has 1 rings (SSSR count). The molecule has 19 heavy (non-hydrogen) atoms. The predicted octanol–water partition coefficient (Wildman–Crippen LogP) is 1.18. The zero-order valence-electron chi connectivity index (χ0n) is 10.3. The molecule has 5 nitrogen and oxygen atoms in total. The van der Waals surface area contributed by atoms with Gasteiger partial charge in [-0.25, -0.2) is 8.42 Å². The van der Waals surface area contributed by atoms with Gasteiger partial charge in [-0.05, 0) is 24.3 Å². The summed E-state index contributed by atoms with van der Waals surface area (Å²) in [5, 5.41) is 0. The number of nitrogens with zero attached hydrogens (tertiary/aromatic N) is 2. The highest BCUT2D eigenvalue weighted by molar-refractivity contribution is 7.89. The monoisotopic (exact) mass is 297 g/mol.